The molecule has 2 saturated heterocycles. The normalized spacial score (nSPS) is 27.4. The van der Waals surface area contributed by atoms with E-state index in [1.54, 1.807) is 11.8 Å². The second kappa shape index (κ2) is 7.34. The predicted molar refractivity (Wildman–Crippen MR) is 122 cm³/mol. The Morgan fingerprint density at radius 3 is 2.26 bits per heavy atom. The van der Waals surface area contributed by atoms with Crippen LogP contribution in [0.4, 0.5) is 23.7 Å². The van der Waals surface area contributed by atoms with E-state index in [4.69, 9.17) is 4.74 Å². The second-order valence-electron chi connectivity index (χ2n) is 9.33. The first-order chi connectivity index (χ1) is 16.7. The van der Waals surface area contributed by atoms with Crippen LogP contribution in [-0.2, 0) is 11.0 Å². The number of carbonyl (C=O) groups excluding carboxylic acids is 2. The maximum Gasteiger partial charge on any atom is 0.416 e. The van der Waals surface area contributed by atoms with Gasteiger partial charge in [-0.15, -0.1) is 0 Å². The van der Waals surface area contributed by atoms with Crippen molar-refractivity contribution in [1.82, 2.24) is 4.90 Å². The Morgan fingerprint density at radius 1 is 0.914 bits per heavy atom. The zero-order valence-electron chi connectivity index (χ0n) is 18.7. The van der Waals surface area contributed by atoms with Crippen molar-refractivity contribution in [2.24, 2.45) is 5.92 Å². The van der Waals surface area contributed by atoms with Crippen LogP contribution in [0.15, 0.2) is 78.9 Å². The van der Waals surface area contributed by atoms with E-state index in [0.717, 1.165) is 28.2 Å². The summed E-state index contributed by atoms with van der Waals surface area (Å²) in [4.78, 5) is 30.6. The number of hydrogen-bond acceptors (Lipinski definition) is 3. The first-order valence-electron chi connectivity index (χ1n) is 11.3. The van der Waals surface area contributed by atoms with Crippen LogP contribution in [0.25, 0.3) is 0 Å². The highest BCUT2D eigenvalue weighted by molar-refractivity contribution is 6.24. The van der Waals surface area contributed by atoms with Gasteiger partial charge in [-0.05, 0) is 42.8 Å². The average molecular weight is 478 g/mol. The molecule has 3 aromatic rings. The Kier molecular flexibility index (Phi) is 4.55. The summed E-state index contributed by atoms with van der Waals surface area (Å²) in [5.74, 6) is -0.320. The molecule has 6 rings (SSSR count). The van der Waals surface area contributed by atoms with E-state index in [-0.39, 0.29) is 17.5 Å². The monoisotopic (exact) mass is 478 g/mol. The Bertz CT molecular complexity index is 1330. The molecule has 3 aliphatic rings. The average Bonchev–Trinajstić information content (AvgIpc) is 3.24. The largest absolute Gasteiger partial charge is 0.493 e. The van der Waals surface area contributed by atoms with E-state index >= 15 is 0 Å². The molecular formula is C27H21F3N2O3. The molecule has 3 amide bonds. The number of anilines is 1. The predicted octanol–water partition coefficient (Wildman–Crippen LogP) is 5.78. The van der Waals surface area contributed by atoms with Gasteiger partial charge in [0.1, 0.15) is 11.3 Å². The number of amides is 3. The van der Waals surface area contributed by atoms with Gasteiger partial charge in [-0.1, -0.05) is 48.5 Å². The second-order valence-corrected chi connectivity index (χ2v) is 9.33. The van der Waals surface area contributed by atoms with Gasteiger partial charge >= 0.3 is 12.2 Å². The van der Waals surface area contributed by atoms with Crippen LogP contribution in [0.3, 0.4) is 0 Å². The Labute approximate surface area is 199 Å². The van der Waals surface area contributed by atoms with Gasteiger partial charge in [-0.3, -0.25) is 4.79 Å². The number of carbonyl (C=O) groups is 2. The summed E-state index contributed by atoms with van der Waals surface area (Å²) in [5, 5.41) is 0. The van der Waals surface area contributed by atoms with Crippen LogP contribution >= 0.6 is 0 Å². The lowest BCUT2D eigenvalue weighted by Crippen LogP contribution is -2.46. The fourth-order valence-electron chi connectivity index (χ4n) is 6.06. The molecule has 5 nitrogen and oxygen atoms in total. The van der Waals surface area contributed by atoms with Crippen LogP contribution in [-0.4, -0.2) is 29.0 Å². The molecule has 0 saturated carbocycles. The molecule has 0 spiro atoms. The van der Waals surface area contributed by atoms with Crippen molar-refractivity contribution in [3.05, 3.63) is 95.6 Å². The fraction of sp³-hybridized carbons (Fsp3) is 0.259. The molecule has 0 radical (unpaired) electrons. The van der Waals surface area contributed by atoms with Gasteiger partial charge < -0.3 is 9.64 Å². The molecule has 3 aromatic carbocycles. The van der Waals surface area contributed by atoms with Gasteiger partial charge in [-0.25, -0.2) is 9.69 Å². The summed E-state index contributed by atoms with van der Waals surface area (Å²) >= 11 is 0. The molecule has 35 heavy (non-hydrogen) atoms. The number of nitrogens with zero attached hydrogens (tertiary/aromatic N) is 2. The standard InChI is InChI=1S/C27H21F3N2O3/c1-26-22(16-7-3-2-4-8-16)20-15-35-21-10-6-5-9-19(21)23(20)32(26)25(34)31(24(26)33)18-13-11-17(12-14-18)27(28,29)30/h2-14,20,22-23H,15H2,1H3/t20-,22-,23+,26+/m1/s1. The Morgan fingerprint density at radius 2 is 1.57 bits per heavy atom. The number of rotatable bonds is 2. The number of halogens is 3. The summed E-state index contributed by atoms with van der Waals surface area (Å²) in [7, 11) is 0. The quantitative estimate of drug-likeness (QED) is 0.439. The number of benzene rings is 3. The molecule has 2 fully saturated rings. The van der Waals surface area contributed by atoms with Crippen molar-refractivity contribution >= 4 is 17.6 Å². The van der Waals surface area contributed by atoms with Crippen molar-refractivity contribution < 1.29 is 27.5 Å². The third-order valence-electron chi connectivity index (χ3n) is 7.53. The molecule has 3 aliphatic heterocycles. The number of imide groups is 1. The van der Waals surface area contributed by atoms with E-state index in [9.17, 15) is 22.8 Å². The van der Waals surface area contributed by atoms with Crippen molar-refractivity contribution in [3.8, 4) is 5.75 Å². The highest BCUT2D eigenvalue weighted by atomic mass is 19.4. The molecule has 3 heterocycles. The highest BCUT2D eigenvalue weighted by Gasteiger charge is 2.70. The van der Waals surface area contributed by atoms with Crippen LogP contribution in [0.1, 0.15) is 35.6 Å². The first kappa shape index (κ1) is 21.7. The topological polar surface area (TPSA) is 49.9 Å². The van der Waals surface area contributed by atoms with Crippen LogP contribution in [0.5, 0.6) is 5.75 Å². The Hall–Kier alpha value is -3.81. The molecule has 8 heteroatoms. The molecule has 0 unspecified atom stereocenters. The van der Waals surface area contributed by atoms with Gasteiger partial charge in [0.25, 0.3) is 5.91 Å². The molecule has 4 atom stereocenters. The lowest BCUT2D eigenvalue weighted by atomic mass is 9.73. The summed E-state index contributed by atoms with van der Waals surface area (Å²) in [6.07, 6.45) is -4.51. The van der Waals surface area contributed by atoms with Crippen LogP contribution in [0.2, 0.25) is 0 Å². The summed E-state index contributed by atoms with van der Waals surface area (Å²) in [5.41, 5.74) is -0.230. The maximum atomic E-state index is 14.0. The summed E-state index contributed by atoms with van der Waals surface area (Å²) < 4.78 is 45.3. The van der Waals surface area contributed by atoms with Gasteiger partial charge in [-0.2, -0.15) is 13.2 Å². The van der Waals surface area contributed by atoms with E-state index in [2.05, 4.69) is 0 Å². The number of urea groups is 1. The first-order valence-corrected chi connectivity index (χ1v) is 11.3. The van der Waals surface area contributed by atoms with E-state index < -0.39 is 35.3 Å². The van der Waals surface area contributed by atoms with Crippen molar-refractivity contribution in [2.75, 3.05) is 11.5 Å². The maximum absolute atomic E-state index is 14.0. The summed E-state index contributed by atoms with van der Waals surface area (Å²) in [6, 6.07) is 20.2. The van der Waals surface area contributed by atoms with Gasteiger partial charge in [0, 0.05) is 17.4 Å². The number of ether oxygens (including phenoxy) is 1. The third-order valence-corrected chi connectivity index (χ3v) is 7.53. The van der Waals surface area contributed by atoms with Crippen molar-refractivity contribution in [1.29, 1.82) is 0 Å². The number of alkyl halides is 3. The third kappa shape index (κ3) is 2.95. The van der Waals surface area contributed by atoms with Crippen molar-refractivity contribution in [2.45, 2.75) is 30.6 Å². The zero-order valence-corrected chi connectivity index (χ0v) is 18.7. The molecule has 0 bridgehead atoms. The van der Waals surface area contributed by atoms with Crippen molar-refractivity contribution in [3.63, 3.8) is 0 Å². The van der Waals surface area contributed by atoms with E-state index in [0.29, 0.717) is 12.4 Å². The smallest absolute Gasteiger partial charge is 0.416 e. The fourth-order valence-corrected chi connectivity index (χ4v) is 6.06. The molecule has 178 valence electrons. The molecule has 0 aliphatic carbocycles. The van der Waals surface area contributed by atoms with Gasteiger partial charge in [0.2, 0.25) is 0 Å². The minimum absolute atomic E-state index is 0.118. The number of hydrogen-bond donors (Lipinski definition) is 0. The van der Waals surface area contributed by atoms with Gasteiger partial charge in [0.15, 0.2) is 0 Å². The Balaban J connectivity index is 1.50. The van der Waals surface area contributed by atoms with Crippen LogP contribution < -0.4 is 9.64 Å². The SMILES string of the molecule is C[C@]12C(=O)N(c3ccc(C(F)(F)F)cc3)C(=O)N1[C@H]1c3ccccc3OC[C@@H]1[C@H]2c1ccccc1. The lowest BCUT2D eigenvalue weighted by Gasteiger charge is -2.34. The minimum Gasteiger partial charge on any atom is -0.493 e. The lowest BCUT2D eigenvalue weighted by molar-refractivity contribution is -0.137. The number of para-hydroxylation sites is 1. The zero-order chi connectivity index (χ0) is 24.5. The molecule has 0 N–H and O–H groups in total. The van der Waals surface area contributed by atoms with Gasteiger partial charge in [0.05, 0.1) is 23.9 Å². The van der Waals surface area contributed by atoms with E-state index in [1.165, 1.54) is 12.1 Å². The minimum atomic E-state index is -4.51. The van der Waals surface area contributed by atoms with Crippen LogP contribution in [0, 0.1) is 5.92 Å². The summed E-state index contributed by atoms with van der Waals surface area (Å²) in [6.45, 7) is 2.10. The van der Waals surface area contributed by atoms with E-state index in [1.807, 2.05) is 54.6 Å². The molecule has 0 aromatic heterocycles. The number of fused-ring (bicyclic) bond motifs is 5. The highest BCUT2D eigenvalue weighted by Crippen LogP contribution is 2.61. The molecular weight excluding hydrogens is 457 g/mol.